The lowest BCUT2D eigenvalue weighted by Crippen LogP contribution is -2.17. The highest BCUT2D eigenvalue weighted by Crippen LogP contribution is 2.31. The molecule has 2 rings (SSSR count). The summed E-state index contributed by atoms with van der Waals surface area (Å²) in [5, 5.41) is 13.9. The van der Waals surface area contributed by atoms with Crippen molar-refractivity contribution in [2.45, 2.75) is 6.18 Å². The standard InChI is InChI=1S/C13H9Cl2F3N4O2/c14-7-2-1-6(3-8(7)15)20-10-4-9(13(16,17)18)21-12(22-10)19-5-11(23)24/h1-4H,5H2,(H,23,24)(H2,19,20,21,22). The Morgan fingerprint density at radius 3 is 2.46 bits per heavy atom. The van der Waals surface area contributed by atoms with Gasteiger partial charge in [-0.2, -0.15) is 18.2 Å². The van der Waals surface area contributed by atoms with E-state index in [-0.39, 0.29) is 15.9 Å². The van der Waals surface area contributed by atoms with Crippen molar-refractivity contribution in [3.05, 3.63) is 40.0 Å². The summed E-state index contributed by atoms with van der Waals surface area (Å²) in [4.78, 5) is 17.6. The van der Waals surface area contributed by atoms with Gasteiger partial charge in [-0.05, 0) is 18.2 Å². The summed E-state index contributed by atoms with van der Waals surface area (Å²) in [5.74, 6) is -1.94. The summed E-state index contributed by atoms with van der Waals surface area (Å²) in [7, 11) is 0. The number of benzene rings is 1. The average molecular weight is 381 g/mol. The second kappa shape index (κ2) is 7.10. The number of hydrogen-bond acceptors (Lipinski definition) is 5. The minimum Gasteiger partial charge on any atom is -0.480 e. The number of aliphatic carboxylic acids is 1. The van der Waals surface area contributed by atoms with Gasteiger partial charge in [0.15, 0.2) is 5.69 Å². The molecule has 0 aliphatic rings. The normalized spacial score (nSPS) is 11.2. The molecule has 0 radical (unpaired) electrons. The van der Waals surface area contributed by atoms with E-state index < -0.39 is 30.3 Å². The maximum Gasteiger partial charge on any atom is 0.433 e. The first-order chi connectivity index (χ1) is 11.1. The van der Waals surface area contributed by atoms with Crippen molar-refractivity contribution < 1.29 is 23.1 Å². The predicted molar refractivity (Wildman–Crippen MR) is 82.9 cm³/mol. The Bertz CT molecular complexity index is 771. The summed E-state index contributed by atoms with van der Waals surface area (Å²) in [5.41, 5.74) is -0.881. The maximum absolute atomic E-state index is 12.9. The molecular formula is C13H9Cl2F3N4O2. The van der Waals surface area contributed by atoms with Crippen LogP contribution in [0.1, 0.15) is 5.69 Å². The number of aromatic nitrogens is 2. The molecule has 0 saturated carbocycles. The first kappa shape index (κ1) is 18.1. The smallest absolute Gasteiger partial charge is 0.433 e. The number of anilines is 3. The van der Waals surface area contributed by atoms with Gasteiger partial charge in [0.25, 0.3) is 0 Å². The molecule has 0 spiro atoms. The summed E-state index contributed by atoms with van der Waals surface area (Å²) >= 11 is 11.6. The van der Waals surface area contributed by atoms with Crippen molar-refractivity contribution >= 4 is 46.6 Å². The van der Waals surface area contributed by atoms with E-state index in [9.17, 15) is 18.0 Å². The van der Waals surface area contributed by atoms with Gasteiger partial charge >= 0.3 is 12.1 Å². The van der Waals surface area contributed by atoms with E-state index in [4.69, 9.17) is 28.3 Å². The zero-order chi connectivity index (χ0) is 17.9. The molecule has 0 unspecified atom stereocenters. The van der Waals surface area contributed by atoms with Gasteiger partial charge in [-0.25, -0.2) is 4.98 Å². The van der Waals surface area contributed by atoms with E-state index in [0.29, 0.717) is 11.8 Å². The molecule has 128 valence electrons. The first-order valence-electron chi connectivity index (χ1n) is 6.29. The number of halogens is 5. The first-order valence-corrected chi connectivity index (χ1v) is 7.05. The van der Waals surface area contributed by atoms with Crippen LogP contribution in [0.2, 0.25) is 10.0 Å². The minimum atomic E-state index is -4.73. The van der Waals surface area contributed by atoms with E-state index in [2.05, 4.69) is 20.6 Å². The second-order valence-electron chi connectivity index (χ2n) is 4.46. The lowest BCUT2D eigenvalue weighted by molar-refractivity contribution is -0.141. The summed E-state index contributed by atoms with van der Waals surface area (Å²) in [6, 6.07) is 5.05. The fraction of sp³-hybridized carbons (Fsp3) is 0.154. The molecule has 2 aromatic rings. The number of nitrogens with one attached hydrogen (secondary N) is 2. The summed E-state index contributed by atoms with van der Waals surface area (Å²) < 4.78 is 38.7. The van der Waals surface area contributed by atoms with Crippen LogP contribution in [0.15, 0.2) is 24.3 Å². The van der Waals surface area contributed by atoms with Gasteiger partial charge in [-0.3, -0.25) is 4.79 Å². The van der Waals surface area contributed by atoms with E-state index >= 15 is 0 Å². The number of carboxylic acids is 1. The van der Waals surface area contributed by atoms with Crippen LogP contribution in [0, 0.1) is 0 Å². The zero-order valence-electron chi connectivity index (χ0n) is 11.7. The van der Waals surface area contributed by atoms with Gasteiger partial charge in [-0.1, -0.05) is 23.2 Å². The van der Waals surface area contributed by atoms with E-state index in [1.54, 1.807) is 0 Å². The Morgan fingerprint density at radius 2 is 1.88 bits per heavy atom. The molecule has 0 atom stereocenters. The fourth-order valence-electron chi connectivity index (χ4n) is 1.61. The fourth-order valence-corrected chi connectivity index (χ4v) is 1.91. The van der Waals surface area contributed by atoms with Crippen molar-refractivity contribution in [1.29, 1.82) is 0 Å². The van der Waals surface area contributed by atoms with Crippen molar-refractivity contribution in [3.8, 4) is 0 Å². The van der Waals surface area contributed by atoms with Crippen LogP contribution in [-0.2, 0) is 11.0 Å². The SMILES string of the molecule is O=C(O)CNc1nc(Nc2ccc(Cl)c(Cl)c2)cc(C(F)(F)F)n1. The van der Waals surface area contributed by atoms with Crippen molar-refractivity contribution in [1.82, 2.24) is 9.97 Å². The third kappa shape index (κ3) is 4.87. The maximum atomic E-state index is 12.9. The highest BCUT2D eigenvalue weighted by Gasteiger charge is 2.33. The number of carbonyl (C=O) groups is 1. The zero-order valence-corrected chi connectivity index (χ0v) is 13.2. The molecule has 0 bridgehead atoms. The Morgan fingerprint density at radius 1 is 1.17 bits per heavy atom. The molecule has 0 fully saturated rings. The van der Waals surface area contributed by atoms with Crippen molar-refractivity contribution in [2.75, 3.05) is 17.2 Å². The highest BCUT2D eigenvalue weighted by molar-refractivity contribution is 6.42. The van der Waals surface area contributed by atoms with Gasteiger partial charge in [-0.15, -0.1) is 0 Å². The van der Waals surface area contributed by atoms with E-state index in [1.165, 1.54) is 18.2 Å². The quantitative estimate of drug-likeness (QED) is 0.725. The number of hydrogen-bond donors (Lipinski definition) is 3. The van der Waals surface area contributed by atoms with Gasteiger partial charge in [0.2, 0.25) is 5.95 Å². The van der Waals surface area contributed by atoms with Crippen molar-refractivity contribution in [2.24, 2.45) is 0 Å². The van der Waals surface area contributed by atoms with Gasteiger partial charge in [0.05, 0.1) is 10.0 Å². The van der Waals surface area contributed by atoms with E-state index in [0.717, 1.165) is 0 Å². The number of alkyl halides is 3. The third-order valence-corrected chi connectivity index (χ3v) is 3.35. The lowest BCUT2D eigenvalue weighted by atomic mass is 10.3. The average Bonchev–Trinajstić information content (AvgIpc) is 2.48. The Kier molecular flexibility index (Phi) is 5.35. The molecule has 0 aliphatic heterocycles. The van der Waals surface area contributed by atoms with Crippen molar-refractivity contribution in [3.63, 3.8) is 0 Å². The second-order valence-corrected chi connectivity index (χ2v) is 5.28. The third-order valence-electron chi connectivity index (χ3n) is 2.61. The molecule has 0 aliphatic carbocycles. The van der Waals surface area contributed by atoms with Crippen LogP contribution in [-0.4, -0.2) is 27.6 Å². The molecule has 1 heterocycles. The largest absolute Gasteiger partial charge is 0.480 e. The molecule has 24 heavy (non-hydrogen) atoms. The number of rotatable bonds is 5. The van der Waals surface area contributed by atoms with Gasteiger partial charge in [0.1, 0.15) is 12.4 Å². The molecule has 1 aromatic carbocycles. The van der Waals surface area contributed by atoms with Crippen LogP contribution in [0.3, 0.4) is 0 Å². The van der Waals surface area contributed by atoms with Gasteiger partial charge < -0.3 is 15.7 Å². The topological polar surface area (TPSA) is 87.1 Å². The van der Waals surface area contributed by atoms with Crippen LogP contribution in [0.4, 0.5) is 30.6 Å². The monoisotopic (exact) mass is 380 g/mol. The predicted octanol–water partition coefficient (Wildman–Crippen LogP) is 4.04. The van der Waals surface area contributed by atoms with E-state index in [1.807, 2.05) is 0 Å². The number of nitrogens with zero attached hydrogens (tertiary/aromatic N) is 2. The molecule has 1 aromatic heterocycles. The van der Waals surface area contributed by atoms with Gasteiger partial charge in [0, 0.05) is 11.8 Å². The molecule has 11 heteroatoms. The summed E-state index contributed by atoms with van der Waals surface area (Å²) in [6.07, 6.45) is -4.73. The Hall–Kier alpha value is -2.26. The summed E-state index contributed by atoms with van der Waals surface area (Å²) in [6.45, 7) is -0.631. The molecule has 0 amide bonds. The van der Waals surface area contributed by atoms with Crippen LogP contribution >= 0.6 is 23.2 Å². The minimum absolute atomic E-state index is 0.191. The highest BCUT2D eigenvalue weighted by atomic mass is 35.5. The molecule has 0 saturated heterocycles. The Labute approximate surface area is 143 Å². The van der Waals surface area contributed by atoms with Crippen LogP contribution in [0.25, 0.3) is 0 Å². The van der Waals surface area contributed by atoms with Crippen LogP contribution in [0.5, 0.6) is 0 Å². The molecular weight excluding hydrogens is 372 g/mol. The molecule has 6 nitrogen and oxygen atoms in total. The molecule has 3 N–H and O–H groups in total. The van der Waals surface area contributed by atoms with Crippen LogP contribution < -0.4 is 10.6 Å². The lowest BCUT2D eigenvalue weighted by Gasteiger charge is -2.12. The number of carboxylic acid groups (broad SMARTS) is 1. The Balaban J connectivity index is 2.34.